The van der Waals surface area contributed by atoms with Gasteiger partial charge < -0.3 is 4.57 Å². The second-order valence-electron chi connectivity index (χ2n) is 12.8. The third kappa shape index (κ3) is 3.40. The summed E-state index contributed by atoms with van der Waals surface area (Å²) in [6.07, 6.45) is 0. The second kappa shape index (κ2) is 9.54. The molecule has 0 atom stereocenters. The van der Waals surface area contributed by atoms with Crippen LogP contribution in [0.2, 0.25) is 0 Å². The fourth-order valence-corrected chi connectivity index (χ4v) is 8.20. The van der Waals surface area contributed by atoms with Crippen LogP contribution in [0.25, 0.3) is 99.4 Å². The van der Waals surface area contributed by atoms with Crippen LogP contribution in [0.5, 0.6) is 0 Å². The molecule has 3 heteroatoms. The molecule has 4 heterocycles. The molecule has 0 bridgehead atoms. The maximum Gasteiger partial charge on any atom is 0.146 e. The molecule has 0 fully saturated rings. The zero-order chi connectivity index (χ0) is 31.3. The summed E-state index contributed by atoms with van der Waals surface area (Å²) in [5, 5.41) is 6.14. The van der Waals surface area contributed by atoms with E-state index in [0.29, 0.717) is 0 Å². The predicted octanol–water partition coefficient (Wildman–Crippen LogP) is 11.7. The van der Waals surface area contributed by atoms with Crippen molar-refractivity contribution in [3.8, 4) is 44.9 Å². The van der Waals surface area contributed by atoms with Crippen LogP contribution in [-0.2, 0) is 0 Å². The molecule has 0 saturated heterocycles. The molecule has 0 saturated carbocycles. The molecule has 11 rings (SSSR count). The zero-order valence-electron chi connectivity index (χ0n) is 25.9. The highest BCUT2D eigenvalue weighted by Crippen LogP contribution is 2.49. The van der Waals surface area contributed by atoms with Crippen molar-refractivity contribution in [3.05, 3.63) is 164 Å². The molecule has 7 aromatic carbocycles. The Balaban J connectivity index is 1.27. The Hall–Kier alpha value is -6.45. The Bertz CT molecular complexity index is 2940. The molecular formula is C45H27N3. The molecule has 0 spiro atoms. The molecule has 0 radical (unpaired) electrons. The number of para-hydroxylation sites is 4. The van der Waals surface area contributed by atoms with Gasteiger partial charge in [0.15, 0.2) is 0 Å². The molecule has 10 aromatic rings. The van der Waals surface area contributed by atoms with Crippen molar-refractivity contribution in [2.75, 3.05) is 0 Å². The maximum absolute atomic E-state index is 5.39. The molecule has 3 aromatic heterocycles. The Morgan fingerprint density at radius 1 is 0.396 bits per heavy atom. The molecular weight excluding hydrogens is 583 g/mol. The van der Waals surface area contributed by atoms with Gasteiger partial charge in [0.2, 0.25) is 0 Å². The summed E-state index contributed by atoms with van der Waals surface area (Å²) in [6, 6.07) is 59.5. The van der Waals surface area contributed by atoms with E-state index in [1.807, 2.05) is 0 Å². The minimum absolute atomic E-state index is 0.977. The third-order valence-corrected chi connectivity index (χ3v) is 10.2. The minimum Gasteiger partial charge on any atom is -0.309 e. The predicted molar refractivity (Wildman–Crippen MR) is 200 cm³/mol. The Kier molecular flexibility index (Phi) is 5.11. The number of benzene rings is 7. The molecule has 222 valence electrons. The summed E-state index contributed by atoms with van der Waals surface area (Å²) >= 11 is 0. The number of hydrogen-bond donors (Lipinski definition) is 0. The van der Waals surface area contributed by atoms with Gasteiger partial charge in [-0.3, -0.25) is 4.57 Å². The van der Waals surface area contributed by atoms with Crippen LogP contribution in [0, 0.1) is 0 Å². The zero-order valence-corrected chi connectivity index (χ0v) is 25.9. The van der Waals surface area contributed by atoms with Gasteiger partial charge in [-0.1, -0.05) is 115 Å². The number of pyridine rings is 1. The SMILES string of the molecule is c1ccc(-n2c3ccccc3c3cc(-c4ccc5c6c4c4ccccc4n6-c4nc6ccccc6cc4-c4ccccc4-5)ccc32)cc1. The van der Waals surface area contributed by atoms with E-state index in [9.17, 15) is 0 Å². The second-order valence-corrected chi connectivity index (χ2v) is 12.8. The number of fused-ring (bicyclic) bond motifs is 12. The van der Waals surface area contributed by atoms with Gasteiger partial charge in [0, 0.05) is 43.7 Å². The Labute approximate surface area is 276 Å². The summed E-state index contributed by atoms with van der Waals surface area (Å²) in [6.45, 7) is 0. The van der Waals surface area contributed by atoms with Crippen molar-refractivity contribution >= 4 is 54.5 Å². The average molecular weight is 610 g/mol. The van der Waals surface area contributed by atoms with Crippen molar-refractivity contribution < 1.29 is 0 Å². The average Bonchev–Trinajstić information content (AvgIpc) is 3.64. The van der Waals surface area contributed by atoms with Crippen LogP contribution in [0.1, 0.15) is 0 Å². The van der Waals surface area contributed by atoms with Gasteiger partial charge in [-0.2, -0.15) is 0 Å². The van der Waals surface area contributed by atoms with Crippen LogP contribution in [0.4, 0.5) is 0 Å². The lowest BCUT2D eigenvalue weighted by molar-refractivity contribution is 1.11. The van der Waals surface area contributed by atoms with Crippen molar-refractivity contribution in [2.45, 2.75) is 0 Å². The monoisotopic (exact) mass is 609 g/mol. The van der Waals surface area contributed by atoms with Gasteiger partial charge >= 0.3 is 0 Å². The maximum atomic E-state index is 5.39. The lowest BCUT2D eigenvalue weighted by atomic mass is 9.91. The quantitative estimate of drug-likeness (QED) is 0.191. The van der Waals surface area contributed by atoms with E-state index in [4.69, 9.17) is 4.98 Å². The standard InChI is InChI=1S/C45H27N3/c1-2-13-30(14-3-1)47-40-20-10-7-17-34(40)37-26-28(22-25-42(37)47)31-23-24-35-32-15-5-6-16-33(32)38-27-29-12-4-9-19-39(29)46-45(38)48-41-21-11-8-18-36(41)43(31)44(35)48/h1-27H. The van der Waals surface area contributed by atoms with Gasteiger partial charge in [-0.05, 0) is 70.8 Å². The Morgan fingerprint density at radius 3 is 1.90 bits per heavy atom. The molecule has 1 aliphatic rings. The van der Waals surface area contributed by atoms with Crippen molar-refractivity contribution in [2.24, 2.45) is 0 Å². The van der Waals surface area contributed by atoms with Crippen LogP contribution in [-0.4, -0.2) is 14.1 Å². The summed E-state index contributed by atoms with van der Waals surface area (Å²) in [4.78, 5) is 5.39. The van der Waals surface area contributed by atoms with Gasteiger partial charge in [-0.25, -0.2) is 4.98 Å². The molecule has 3 nitrogen and oxygen atoms in total. The molecule has 48 heavy (non-hydrogen) atoms. The Morgan fingerprint density at radius 2 is 1.04 bits per heavy atom. The van der Waals surface area contributed by atoms with E-state index >= 15 is 0 Å². The van der Waals surface area contributed by atoms with Gasteiger partial charge in [0.05, 0.1) is 27.6 Å². The van der Waals surface area contributed by atoms with E-state index in [1.54, 1.807) is 0 Å². The highest BCUT2D eigenvalue weighted by molar-refractivity contribution is 6.22. The minimum atomic E-state index is 0.977. The first-order valence-electron chi connectivity index (χ1n) is 16.5. The topological polar surface area (TPSA) is 22.8 Å². The van der Waals surface area contributed by atoms with Crippen LogP contribution >= 0.6 is 0 Å². The van der Waals surface area contributed by atoms with E-state index < -0.39 is 0 Å². The van der Waals surface area contributed by atoms with E-state index in [2.05, 4.69) is 173 Å². The fraction of sp³-hybridized carbons (Fsp3) is 0. The van der Waals surface area contributed by atoms with E-state index in [1.165, 1.54) is 77.1 Å². The summed E-state index contributed by atoms with van der Waals surface area (Å²) in [7, 11) is 0. The smallest absolute Gasteiger partial charge is 0.146 e. The fourth-order valence-electron chi connectivity index (χ4n) is 8.20. The van der Waals surface area contributed by atoms with Gasteiger partial charge in [0.1, 0.15) is 5.82 Å². The van der Waals surface area contributed by atoms with Crippen LogP contribution < -0.4 is 0 Å². The van der Waals surface area contributed by atoms with E-state index in [-0.39, 0.29) is 0 Å². The first-order chi connectivity index (χ1) is 23.8. The number of hydrogen-bond acceptors (Lipinski definition) is 1. The van der Waals surface area contributed by atoms with E-state index in [0.717, 1.165) is 22.3 Å². The lowest BCUT2D eigenvalue weighted by Crippen LogP contribution is -2.00. The first-order valence-corrected chi connectivity index (χ1v) is 16.5. The van der Waals surface area contributed by atoms with Gasteiger partial charge in [0.25, 0.3) is 0 Å². The normalized spacial score (nSPS) is 12.2. The largest absolute Gasteiger partial charge is 0.309 e. The molecule has 0 unspecified atom stereocenters. The van der Waals surface area contributed by atoms with Crippen LogP contribution in [0.3, 0.4) is 0 Å². The van der Waals surface area contributed by atoms with Crippen molar-refractivity contribution in [3.63, 3.8) is 0 Å². The van der Waals surface area contributed by atoms with Crippen molar-refractivity contribution in [1.82, 2.24) is 14.1 Å². The highest BCUT2D eigenvalue weighted by atomic mass is 15.1. The summed E-state index contributed by atoms with van der Waals surface area (Å²) < 4.78 is 4.80. The van der Waals surface area contributed by atoms with Crippen molar-refractivity contribution in [1.29, 1.82) is 0 Å². The molecule has 1 aliphatic heterocycles. The highest BCUT2D eigenvalue weighted by Gasteiger charge is 2.27. The summed E-state index contributed by atoms with van der Waals surface area (Å²) in [5.41, 5.74) is 14.2. The molecule has 0 amide bonds. The lowest BCUT2D eigenvalue weighted by Gasteiger charge is -2.13. The first kappa shape index (κ1) is 25.7. The number of aromatic nitrogens is 3. The molecule has 0 aliphatic carbocycles. The summed E-state index contributed by atoms with van der Waals surface area (Å²) in [5.74, 6) is 0.977. The number of rotatable bonds is 2. The third-order valence-electron chi connectivity index (χ3n) is 10.2. The number of nitrogens with zero attached hydrogens (tertiary/aromatic N) is 3. The van der Waals surface area contributed by atoms with Gasteiger partial charge in [-0.15, -0.1) is 0 Å². The molecule has 0 N–H and O–H groups in total. The van der Waals surface area contributed by atoms with Crippen LogP contribution in [0.15, 0.2) is 164 Å².